The Hall–Kier alpha value is -0.0900. The predicted molar refractivity (Wildman–Crippen MR) is 58.0 cm³/mol. The molecule has 5 atom stereocenters. The highest BCUT2D eigenvalue weighted by Gasteiger charge is 2.82. The fraction of sp³-hybridized carbons (Fsp3) is 0.909. The van der Waals surface area contributed by atoms with Crippen LogP contribution in [0.25, 0.3) is 0 Å². The lowest BCUT2D eigenvalue weighted by Crippen LogP contribution is -2.56. The number of carbonyl (C=O) groups is 1. The van der Waals surface area contributed by atoms with Crippen LogP contribution >= 0.6 is 15.9 Å². The summed E-state index contributed by atoms with van der Waals surface area (Å²) in [6.07, 6.45) is 2.10. The number of carboxylic acids is 1. The number of aliphatic carboxylic acids is 1. The summed E-state index contributed by atoms with van der Waals surface area (Å²) < 4.78 is 5.71. The smallest absolute Gasteiger partial charge is 0.337 e. The molecule has 4 heteroatoms. The molecule has 0 spiro atoms. The fourth-order valence-corrected chi connectivity index (χ4v) is 5.99. The largest absolute Gasteiger partial charge is 0.479 e. The third-order valence-electron chi connectivity index (χ3n) is 5.51. The topological polar surface area (TPSA) is 46.5 Å². The normalized spacial score (nSPS) is 61.3. The summed E-state index contributed by atoms with van der Waals surface area (Å²) >= 11 is 3.57. The Balaban J connectivity index is 2.23. The molecule has 2 saturated carbocycles. The third-order valence-corrected chi connectivity index (χ3v) is 6.80. The van der Waals surface area contributed by atoms with Crippen LogP contribution in [0.5, 0.6) is 0 Å². The second-order valence-electron chi connectivity index (χ2n) is 5.63. The Morgan fingerprint density at radius 1 is 1.53 bits per heavy atom. The number of rotatable bonds is 1. The third kappa shape index (κ3) is 0.705. The zero-order chi connectivity index (χ0) is 11.1. The van der Waals surface area contributed by atoms with E-state index in [2.05, 4.69) is 29.8 Å². The van der Waals surface area contributed by atoms with Crippen molar-refractivity contribution in [2.45, 2.75) is 37.1 Å². The van der Waals surface area contributed by atoms with Crippen LogP contribution in [0, 0.1) is 16.7 Å². The minimum absolute atomic E-state index is 0.0278. The van der Waals surface area contributed by atoms with E-state index >= 15 is 0 Å². The van der Waals surface area contributed by atoms with E-state index in [-0.39, 0.29) is 15.7 Å². The SMILES string of the molecule is C[C@]12CC[C@H]3[C@@H](Br)[C@]1(C(=O)O)OC[C@@]32C. The molecule has 0 radical (unpaired) electrons. The molecule has 0 aromatic rings. The highest BCUT2D eigenvalue weighted by Crippen LogP contribution is 2.76. The standard InChI is InChI=1S/C11H15BrO3/c1-9-5-15-11(8(13)14)7(12)6(9)3-4-10(9,11)2/h6-7H,3-5H2,1-2H3,(H,13,14)/t6-,7+,9-,10+,11+/m0/s1. The summed E-state index contributed by atoms with van der Waals surface area (Å²) in [7, 11) is 0. The number of hydrogen-bond acceptors (Lipinski definition) is 2. The van der Waals surface area contributed by atoms with Crippen LogP contribution in [-0.4, -0.2) is 28.1 Å². The van der Waals surface area contributed by atoms with Crippen LogP contribution < -0.4 is 0 Å². The van der Waals surface area contributed by atoms with Gasteiger partial charge < -0.3 is 9.84 Å². The van der Waals surface area contributed by atoms with Crippen LogP contribution in [0.4, 0.5) is 0 Å². The predicted octanol–water partition coefficient (Wildman–Crippen LogP) is 2.04. The average Bonchev–Trinajstić information content (AvgIpc) is 2.57. The summed E-state index contributed by atoms with van der Waals surface area (Å²) in [5.41, 5.74) is -1.14. The first-order valence-corrected chi connectivity index (χ1v) is 6.33. The van der Waals surface area contributed by atoms with Crippen molar-refractivity contribution in [1.82, 2.24) is 0 Å². The quantitative estimate of drug-likeness (QED) is 0.745. The van der Waals surface area contributed by atoms with Crippen LogP contribution in [0.15, 0.2) is 0 Å². The van der Waals surface area contributed by atoms with E-state index in [1.54, 1.807) is 0 Å². The van der Waals surface area contributed by atoms with Crippen molar-refractivity contribution in [3.8, 4) is 0 Å². The maximum Gasteiger partial charge on any atom is 0.337 e. The van der Waals surface area contributed by atoms with Crippen LogP contribution in [0.2, 0.25) is 0 Å². The molecule has 0 aromatic heterocycles. The van der Waals surface area contributed by atoms with Crippen molar-refractivity contribution in [2.24, 2.45) is 16.7 Å². The number of hydrogen-bond donors (Lipinski definition) is 1. The summed E-state index contributed by atoms with van der Waals surface area (Å²) in [6, 6.07) is 0. The number of halogens is 1. The van der Waals surface area contributed by atoms with Gasteiger partial charge in [0.15, 0.2) is 5.60 Å². The van der Waals surface area contributed by atoms with Gasteiger partial charge >= 0.3 is 5.97 Å². The van der Waals surface area contributed by atoms with Gasteiger partial charge in [-0.3, -0.25) is 0 Å². The van der Waals surface area contributed by atoms with Gasteiger partial charge in [-0.25, -0.2) is 4.79 Å². The van der Waals surface area contributed by atoms with Crippen molar-refractivity contribution in [3.05, 3.63) is 0 Å². The van der Waals surface area contributed by atoms with E-state index in [0.29, 0.717) is 12.5 Å². The molecule has 15 heavy (non-hydrogen) atoms. The molecule has 4 bridgehead atoms. The summed E-state index contributed by atoms with van der Waals surface area (Å²) in [6.45, 7) is 4.88. The minimum atomic E-state index is -0.981. The lowest BCUT2D eigenvalue weighted by atomic mass is 9.66. The number of ether oxygens (including phenoxy) is 1. The Morgan fingerprint density at radius 3 is 2.60 bits per heavy atom. The second kappa shape index (κ2) is 2.43. The van der Waals surface area contributed by atoms with E-state index in [9.17, 15) is 9.90 Å². The molecule has 3 rings (SSSR count). The van der Waals surface area contributed by atoms with Gasteiger partial charge in [-0.05, 0) is 18.8 Å². The van der Waals surface area contributed by atoms with Crippen molar-refractivity contribution < 1.29 is 14.6 Å². The second-order valence-corrected chi connectivity index (χ2v) is 6.61. The highest BCUT2D eigenvalue weighted by molar-refractivity contribution is 9.09. The van der Waals surface area contributed by atoms with Crippen molar-refractivity contribution in [1.29, 1.82) is 0 Å². The lowest BCUT2D eigenvalue weighted by molar-refractivity contribution is -0.172. The molecular weight excluding hydrogens is 260 g/mol. The van der Waals surface area contributed by atoms with E-state index < -0.39 is 11.6 Å². The van der Waals surface area contributed by atoms with Gasteiger partial charge in [0, 0.05) is 10.8 Å². The van der Waals surface area contributed by atoms with Gasteiger partial charge in [0.25, 0.3) is 0 Å². The van der Waals surface area contributed by atoms with E-state index in [4.69, 9.17) is 4.74 Å². The van der Waals surface area contributed by atoms with Gasteiger partial charge in [0.2, 0.25) is 0 Å². The fourth-order valence-electron chi connectivity index (χ4n) is 4.31. The van der Waals surface area contributed by atoms with Crippen LogP contribution in [0.3, 0.4) is 0 Å². The zero-order valence-corrected chi connectivity index (χ0v) is 10.5. The Kier molecular flexibility index (Phi) is 1.63. The van der Waals surface area contributed by atoms with E-state index in [0.717, 1.165) is 12.8 Å². The molecular formula is C11H15BrO3. The first-order valence-electron chi connectivity index (χ1n) is 5.41. The van der Waals surface area contributed by atoms with Gasteiger partial charge in [-0.2, -0.15) is 0 Å². The molecule has 1 heterocycles. The monoisotopic (exact) mass is 274 g/mol. The minimum Gasteiger partial charge on any atom is -0.479 e. The molecule has 2 aliphatic carbocycles. The summed E-state index contributed by atoms with van der Waals surface area (Å²) in [5, 5.41) is 9.51. The van der Waals surface area contributed by atoms with Gasteiger partial charge in [0.1, 0.15) is 0 Å². The Labute approximate surface area is 97.3 Å². The molecule has 1 N–H and O–H groups in total. The molecule has 3 aliphatic rings. The van der Waals surface area contributed by atoms with Crippen molar-refractivity contribution >= 4 is 21.9 Å². The van der Waals surface area contributed by atoms with Crippen LogP contribution in [0.1, 0.15) is 26.7 Å². The first kappa shape index (κ1) is 10.1. The maximum atomic E-state index is 11.6. The van der Waals surface area contributed by atoms with Crippen LogP contribution in [-0.2, 0) is 9.53 Å². The number of carboxylic acid groups (broad SMARTS) is 1. The molecule has 0 unspecified atom stereocenters. The molecule has 0 aromatic carbocycles. The highest BCUT2D eigenvalue weighted by atomic mass is 79.9. The zero-order valence-electron chi connectivity index (χ0n) is 8.92. The number of alkyl halides is 1. The molecule has 1 aliphatic heterocycles. The Bertz CT molecular complexity index is 358. The summed E-state index contributed by atoms with van der Waals surface area (Å²) in [4.78, 5) is 11.5. The molecule has 3 fully saturated rings. The molecule has 1 saturated heterocycles. The van der Waals surface area contributed by atoms with E-state index in [1.807, 2.05) is 0 Å². The molecule has 3 nitrogen and oxygen atoms in total. The maximum absolute atomic E-state index is 11.6. The first-order chi connectivity index (χ1) is 6.90. The molecule has 0 amide bonds. The van der Waals surface area contributed by atoms with Crippen molar-refractivity contribution in [3.63, 3.8) is 0 Å². The molecule has 84 valence electrons. The van der Waals surface area contributed by atoms with E-state index in [1.165, 1.54) is 0 Å². The average molecular weight is 275 g/mol. The van der Waals surface area contributed by atoms with Gasteiger partial charge in [-0.1, -0.05) is 29.8 Å². The Morgan fingerprint density at radius 2 is 2.20 bits per heavy atom. The van der Waals surface area contributed by atoms with Gasteiger partial charge in [0.05, 0.1) is 11.4 Å². The lowest BCUT2D eigenvalue weighted by Gasteiger charge is -2.40. The van der Waals surface area contributed by atoms with Gasteiger partial charge in [-0.15, -0.1) is 0 Å². The van der Waals surface area contributed by atoms with Crippen molar-refractivity contribution in [2.75, 3.05) is 6.61 Å². The summed E-state index contributed by atoms with van der Waals surface area (Å²) in [5.74, 6) is -0.342.